The van der Waals surface area contributed by atoms with E-state index >= 15 is 0 Å². The van der Waals surface area contributed by atoms with Gasteiger partial charge >= 0.3 is 6.09 Å². The maximum absolute atomic E-state index is 13.2. The number of amides is 2. The Morgan fingerprint density at radius 1 is 1.08 bits per heavy atom. The van der Waals surface area contributed by atoms with Gasteiger partial charge in [0.2, 0.25) is 11.8 Å². The largest absolute Gasteiger partial charge is 0.486 e. The number of fused-ring (bicyclic) bond motifs is 2. The van der Waals surface area contributed by atoms with Crippen LogP contribution < -0.4 is 24.7 Å². The number of rotatable bonds is 4. The number of methoxy groups -OCH3 is 1. The number of aromatic nitrogens is 3. The first-order valence-electron chi connectivity index (χ1n) is 12.0. The van der Waals surface area contributed by atoms with E-state index in [0.29, 0.717) is 68.4 Å². The minimum atomic E-state index is -0.684. The number of nitrogens with zero attached hydrogens (tertiary/aromatic N) is 5. The molecule has 12 nitrogen and oxygen atoms in total. The van der Waals surface area contributed by atoms with Crippen LogP contribution in [0.25, 0.3) is 11.2 Å². The Hall–Kier alpha value is -4.35. The molecule has 0 aliphatic carbocycles. The normalized spacial score (nSPS) is 18.2. The molecule has 0 radical (unpaired) electrons. The molecule has 3 aliphatic heterocycles. The van der Waals surface area contributed by atoms with E-state index < -0.39 is 11.7 Å². The maximum atomic E-state index is 13.2. The summed E-state index contributed by atoms with van der Waals surface area (Å²) in [4.78, 5) is 50.3. The maximum Gasteiger partial charge on any atom is 0.415 e. The van der Waals surface area contributed by atoms with Gasteiger partial charge in [0.1, 0.15) is 30.9 Å². The number of benzene rings is 1. The van der Waals surface area contributed by atoms with Gasteiger partial charge in [0.15, 0.2) is 17.1 Å². The van der Waals surface area contributed by atoms with Crippen LogP contribution in [-0.2, 0) is 16.1 Å². The van der Waals surface area contributed by atoms with Crippen LogP contribution in [0.15, 0.2) is 41.3 Å². The van der Waals surface area contributed by atoms with Gasteiger partial charge in [-0.1, -0.05) is 0 Å². The summed E-state index contributed by atoms with van der Waals surface area (Å²) in [6, 6.07) is 8.32. The topological polar surface area (TPSA) is 125 Å². The zero-order valence-corrected chi connectivity index (χ0v) is 20.2. The summed E-state index contributed by atoms with van der Waals surface area (Å²) in [5, 5.41) is 0. The van der Waals surface area contributed by atoms with E-state index in [-0.39, 0.29) is 29.5 Å². The molecule has 12 heteroatoms. The molecule has 2 fully saturated rings. The Labute approximate surface area is 211 Å². The molecule has 6 rings (SSSR count). The fraction of sp³-hybridized carbons (Fsp3) is 0.400. The van der Waals surface area contributed by atoms with Crippen molar-refractivity contribution in [2.75, 3.05) is 44.9 Å². The molecule has 1 spiro atoms. The fourth-order valence-electron chi connectivity index (χ4n) is 4.97. The Morgan fingerprint density at radius 3 is 2.65 bits per heavy atom. The number of piperidine rings is 1. The van der Waals surface area contributed by atoms with Crippen LogP contribution in [0.2, 0.25) is 0 Å². The zero-order valence-electron chi connectivity index (χ0n) is 20.2. The average molecular weight is 508 g/mol. The first-order chi connectivity index (χ1) is 17.9. The molecule has 0 saturated carbocycles. The van der Waals surface area contributed by atoms with Crippen molar-refractivity contribution in [3.63, 3.8) is 0 Å². The molecule has 1 aromatic carbocycles. The molecular weight excluding hydrogens is 482 g/mol. The number of pyridine rings is 1. The molecule has 5 heterocycles. The molecule has 0 unspecified atom stereocenters. The lowest BCUT2D eigenvalue weighted by molar-refractivity contribution is -0.135. The predicted octanol–water partition coefficient (Wildman–Crippen LogP) is 1.59. The highest BCUT2D eigenvalue weighted by atomic mass is 16.6. The lowest BCUT2D eigenvalue weighted by Crippen LogP contribution is -2.49. The van der Waals surface area contributed by atoms with Gasteiger partial charge in [-0.15, -0.1) is 0 Å². The van der Waals surface area contributed by atoms with Crippen LogP contribution in [0, 0.1) is 0 Å². The quantitative estimate of drug-likeness (QED) is 0.518. The Morgan fingerprint density at radius 2 is 1.86 bits per heavy atom. The number of ether oxygens (including phenoxy) is 4. The molecule has 2 amide bonds. The third-order valence-electron chi connectivity index (χ3n) is 7.00. The van der Waals surface area contributed by atoms with E-state index in [1.54, 1.807) is 28.0 Å². The first kappa shape index (κ1) is 23.1. The summed E-state index contributed by atoms with van der Waals surface area (Å²) in [7, 11) is 1.46. The van der Waals surface area contributed by atoms with Crippen LogP contribution in [0.1, 0.15) is 12.8 Å². The van der Waals surface area contributed by atoms with Gasteiger partial charge in [-0.2, -0.15) is 4.98 Å². The highest BCUT2D eigenvalue weighted by Crippen LogP contribution is 2.39. The Bertz CT molecular complexity index is 1450. The van der Waals surface area contributed by atoms with Gasteiger partial charge in [0.05, 0.1) is 25.5 Å². The summed E-state index contributed by atoms with van der Waals surface area (Å²) in [6.45, 7) is 1.96. The Kier molecular flexibility index (Phi) is 5.58. The third-order valence-corrected chi connectivity index (χ3v) is 7.00. The van der Waals surface area contributed by atoms with Gasteiger partial charge in [0, 0.05) is 38.1 Å². The molecule has 2 aromatic heterocycles. The van der Waals surface area contributed by atoms with Gasteiger partial charge < -0.3 is 23.8 Å². The van der Waals surface area contributed by atoms with E-state index in [1.807, 2.05) is 6.07 Å². The van der Waals surface area contributed by atoms with Crippen molar-refractivity contribution >= 4 is 28.9 Å². The number of hydrogen-bond donors (Lipinski definition) is 0. The summed E-state index contributed by atoms with van der Waals surface area (Å²) in [6.07, 6.45) is 2.01. The summed E-state index contributed by atoms with van der Waals surface area (Å²) in [5.74, 6) is 1.29. The third kappa shape index (κ3) is 4.17. The number of carbonyl (C=O) groups is 2. The molecule has 0 N–H and O–H groups in total. The molecule has 0 atom stereocenters. The van der Waals surface area contributed by atoms with E-state index in [0.717, 1.165) is 0 Å². The summed E-state index contributed by atoms with van der Waals surface area (Å²) < 4.78 is 23.5. The fourth-order valence-corrected chi connectivity index (χ4v) is 4.97. The van der Waals surface area contributed by atoms with E-state index in [9.17, 15) is 14.4 Å². The number of carbonyl (C=O) groups excluding carboxylic acids is 2. The van der Waals surface area contributed by atoms with Crippen molar-refractivity contribution in [2.24, 2.45) is 0 Å². The van der Waals surface area contributed by atoms with Gasteiger partial charge in [0.25, 0.3) is 5.56 Å². The van der Waals surface area contributed by atoms with Gasteiger partial charge in [-0.3, -0.25) is 19.1 Å². The van der Waals surface area contributed by atoms with Crippen molar-refractivity contribution < 1.29 is 28.5 Å². The van der Waals surface area contributed by atoms with Crippen molar-refractivity contribution in [2.45, 2.75) is 25.0 Å². The number of likely N-dealkylation sites (tertiary alicyclic amines) is 1. The van der Waals surface area contributed by atoms with E-state index in [2.05, 4.69) is 9.97 Å². The van der Waals surface area contributed by atoms with E-state index in [1.165, 1.54) is 23.9 Å². The lowest BCUT2D eigenvalue weighted by Gasteiger charge is -2.37. The Balaban J connectivity index is 1.14. The molecular formula is C25H25N5O7. The first-order valence-corrected chi connectivity index (χ1v) is 12.0. The minimum absolute atomic E-state index is 0.172. The monoisotopic (exact) mass is 507 g/mol. The molecule has 3 aliphatic rings. The second-order valence-electron chi connectivity index (χ2n) is 9.22. The second kappa shape index (κ2) is 8.95. The summed E-state index contributed by atoms with van der Waals surface area (Å²) in [5.41, 5.74) is 0.417. The molecule has 2 saturated heterocycles. The van der Waals surface area contributed by atoms with Crippen molar-refractivity contribution in [3.05, 3.63) is 46.9 Å². The van der Waals surface area contributed by atoms with Crippen LogP contribution in [0.5, 0.6) is 17.4 Å². The van der Waals surface area contributed by atoms with Crippen LogP contribution in [-0.4, -0.2) is 77.0 Å². The minimum Gasteiger partial charge on any atom is -0.486 e. The summed E-state index contributed by atoms with van der Waals surface area (Å²) >= 11 is 0. The smallest absolute Gasteiger partial charge is 0.415 e. The number of hydrogen-bond acceptors (Lipinski definition) is 9. The highest BCUT2D eigenvalue weighted by Gasteiger charge is 2.48. The standard InChI is InChI=1S/C25H25N5O7/c1-34-20-13-26-17-3-5-21(31)29(23(17)27-20)14-22(32)28-8-6-25(7-9-28)15-30(24(33)37-25)16-2-4-18-19(12-16)36-11-10-35-18/h2-5,12-13H,6-11,14-15H2,1H3. The van der Waals surface area contributed by atoms with Gasteiger partial charge in [-0.25, -0.2) is 9.78 Å². The van der Waals surface area contributed by atoms with Crippen molar-refractivity contribution in [1.29, 1.82) is 0 Å². The zero-order chi connectivity index (χ0) is 25.6. The van der Waals surface area contributed by atoms with Crippen LogP contribution >= 0.6 is 0 Å². The average Bonchev–Trinajstić information content (AvgIpc) is 3.25. The van der Waals surface area contributed by atoms with E-state index in [4.69, 9.17) is 18.9 Å². The lowest BCUT2D eigenvalue weighted by atomic mass is 9.91. The highest BCUT2D eigenvalue weighted by molar-refractivity contribution is 5.91. The SMILES string of the molecule is COc1cnc2ccc(=O)n(CC(=O)N3CCC4(CC3)CN(c3ccc5c(c3)OCCO5)C(=O)O4)c2n1. The molecule has 3 aromatic rings. The molecule has 37 heavy (non-hydrogen) atoms. The van der Waals surface area contributed by atoms with Crippen molar-refractivity contribution in [3.8, 4) is 17.4 Å². The van der Waals surface area contributed by atoms with Crippen molar-refractivity contribution in [1.82, 2.24) is 19.4 Å². The number of anilines is 1. The predicted molar refractivity (Wildman–Crippen MR) is 130 cm³/mol. The van der Waals surface area contributed by atoms with Crippen LogP contribution in [0.3, 0.4) is 0 Å². The molecule has 192 valence electrons. The van der Waals surface area contributed by atoms with Crippen LogP contribution in [0.4, 0.5) is 10.5 Å². The second-order valence-corrected chi connectivity index (χ2v) is 9.22. The van der Waals surface area contributed by atoms with Gasteiger partial charge in [-0.05, 0) is 18.2 Å². The molecule has 0 bridgehead atoms.